The highest BCUT2D eigenvalue weighted by Crippen LogP contribution is 2.28. The standard InChI is InChI=1S/C17H19ClFN3O4S/c1-21(2)27(24,25)22(14-7-5-13(19)6-8-14)11-17(23)20-15-10-12(18)4-9-16(15)26-3/h4-10H,11H2,1-3H3,(H,20,23). The predicted molar refractivity (Wildman–Crippen MR) is 103 cm³/mol. The van der Waals surface area contributed by atoms with Crippen molar-refractivity contribution >= 4 is 39.1 Å². The minimum atomic E-state index is -3.99. The lowest BCUT2D eigenvalue weighted by Crippen LogP contribution is -2.44. The molecule has 0 aliphatic heterocycles. The Kier molecular flexibility index (Phi) is 6.63. The van der Waals surface area contributed by atoms with Crippen LogP contribution in [0.1, 0.15) is 0 Å². The zero-order chi connectivity index (χ0) is 20.2. The van der Waals surface area contributed by atoms with E-state index < -0.39 is 28.5 Å². The number of carbonyl (C=O) groups excluding carboxylic acids is 1. The van der Waals surface area contributed by atoms with Crippen molar-refractivity contribution in [3.05, 3.63) is 53.3 Å². The van der Waals surface area contributed by atoms with Crippen molar-refractivity contribution in [1.29, 1.82) is 0 Å². The second-order valence-corrected chi connectivity index (χ2v) is 8.17. The molecule has 0 fully saturated rings. The van der Waals surface area contributed by atoms with Crippen LogP contribution in [0.25, 0.3) is 0 Å². The number of amides is 1. The molecule has 27 heavy (non-hydrogen) atoms. The molecule has 0 heterocycles. The van der Waals surface area contributed by atoms with E-state index in [0.29, 0.717) is 16.5 Å². The quantitative estimate of drug-likeness (QED) is 0.754. The molecule has 0 aliphatic carbocycles. The smallest absolute Gasteiger partial charge is 0.304 e. The number of carbonyl (C=O) groups is 1. The van der Waals surface area contributed by atoms with Gasteiger partial charge in [-0.2, -0.15) is 12.7 Å². The molecule has 10 heteroatoms. The van der Waals surface area contributed by atoms with Crippen LogP contribution in [0.4, 0.5) is 15.8 Å². The highest BCUT2D eigenvalue weighted by atomic mass is 35.5. The van der Waals surface area contributed by atoms with E-state index in [1.54, 1.807) is 12.1 Å². The van der Waals surface area contributed by atoms with Crippen LogP contribution >= 0.6 is 11.6 Å². The van der Waals surface area contributed by atoms with E-state index in [2.05, 4.69) is 5.32 Å². The average Bonchev–Trinajstić information content (AvgIpc) is 2.60. The van der Waals surface area contributed by atoms with E-state index in [0.717, 1.165) is 20.7 Å². The summed E-state index contributed by atoms with van der Waals surface area (Å²) in [5.74, 6) is -0.768. The highest BCUT2D eigenvalue weighted by Gasteiger charge is 2.27. The Balaban J connectivity index is 2.31. The molecule has 0 unspecified atom stereocenters. The molecular formula is C17H19ClFN3O4S. The van der Waals surface area contributed by atoms with Gasteiger partial charge >= 0.3 is 10.2 Å². The van der Waals surface area contributed by atoms with Crippen molar-refractivity contribution in [2.24, 2.45) is 0 Å². The Hall–Kier alpha value is -2.36. The van der Waals surface area contributed by atoms with E-state index in [1.165, 1.54) is 39.4 Å². The Morgan fingerprint density at radius 1 is 1.19 bits per heavy atom. The molecule has 1 amide bonds. The number of nitrogens with one attached hydrogen (secondary N) is 1. The fourth-order valence-corrected chi connectivity index (χ4v) is 3.44. The Morgan fingerprint density at radius 2 is 1.81 bits per heavy atom. The molecule has 1 N–H and O–H groups in total. The van der Waals surface area contributed by atoms with Gasteiger partial charge in [0.05, 0.1) is 18.5 Å². The van der Waals surface area contributed by atoms with Crippen molar-refractivity contribution in [1.82, 2.24) is 4.31 Å². The lowest BCUT2D eigenvalue weighted by molar-refractivity contribution is -0.114. The summed E-state index contributed by atoms with van der Waals surface area (Å²) in [7, 11) is 0.115. The zero-order valence-electron chi connectivity index (χ0n) is 14.9. The summed E-state index contributed by atoms with van der Waals surface area (Å²) in [6.45, 7) is -0.526. The van der Waals surface area contributed by atoms with Crippen LogP contribution in [0.2, 0.25) is 5.02 Å². The van der Waals surface area contributed by atoms with Gasteiger partial charge in [0.1, 0.15) is 18.1 Å². The summed E-state index contributed by atoms with van der Waals surface area (Å²) in [6.07, 6.45) is 0. The number of rotatable bonds is 7. The maximum atomic E-state index is 13.2. The third-order valence-electron chi connectivity index (χ3n) is 3.58. The molecule has 0 saturated carbocycles. The molecule has 146 valence electrons. The number of hydrogen-bond acceptors (Lipinski definition) is 4. The van der Waals surface area contributed by atoms with Crippen LogP contribution in [0.3, 0.4) is 0 Å². The number of benzene rings is 2. The average molecular weight is 416 g/mol. The van der Waals surface area contributed by atoms with Crippen LogP contribution in [0.15, 0.2) is 42.5 Å². The van der Waals surface area contributed by atoms with Crippen LogP contribution in [0.5, 0.6) is 5.75 Å². The molecule has 0 bridgehead atoms. The number of nitrogens with zero attached hydrogens (tertiary/aromatic N) is 2. The zero-order valence-corrected chi connectivity index (χ0v) is 16.5. The van der Waals surface area contributed by atoms with Gasteiger partial charge < -0.3 is 10.1 Å². The Bertz CT molecular complexity index is 920. The maximum absolute atomic E-state index is 13.2. The molecule has 7 nitrogen and oxygen atoms in total. The summed E-state index contributed by atoms with van der Waals surface area (Å²) < 4.78 is 45.4. The van der Waals surface area contributed by atoms with Gasteiger partial charge in [-0.1, -0.05) is 11.6 Å². The van der Waals surface area contributed by atoms with Gasteiger partial charge in [-0.15, -0.1) is 0 Å². The molecule has 2 rings (SSSR count). The van der Waals surface area contributed by atoms with Gasteiger partial charge in [0.25, 0.3) is 0 Å². The SMILES string of the molecule is COc1ccc(Cl)cc1NC(=O)CN(c1ccc(F)cc1)S(=O)(=O)N(C)C. The first kappa shape index (κ1) is 20.9. The third kappa shape index (κ3) is 5.09. The fraction of sp³-hybridized carbons (Fsp3) is 0.235. The van der Waals surface area contributed by atoms with E-state index >= 15 is 0 Å². The van der Waals surface area contributed by atoms with E-state index in [9.17, 15) is 17.6 Å². The van der Waals surface area contributed by atoms with Crippen LogP contribution in [0, 0.1) is 5.82 Å². The minimum absolute atomic E-state index is 0.151. The molecular weight excluding hydrogens is 397 g/mol. The lowest BCUT2D eigenvalue weighted by atomic mass is 10.3. The largest absolute Gasteiger partial charge is 0.495 e. The monoisotopic (exact) mass is 415 g/mol. The van der Waals surface area contributed by atoms with Gasteiger partial charge in [0.2, 0.25) is 5.91 Å². The van der Waals surface area contributed by atoms with Crippen molar-refractivity contribution in [3.8, 4) is 5.75 Å². The minimum Gasteiger partial charge on any atom is -0.495 e. The molecule has 0 atom stereocenters. The maximum Gasteiger partial charge on any atom is 0.304 e. The normalized spacial score (nSPS) is 11.3. The van der Waals surface area contributed by atoms with Crippen molar-refractivity contribution in [3.63, 3.8) is 0 Å². The molecule has 0 aliphatic rings. The van der Waals surface area contributed by atoms with Crippen molar-refractivity contribution in [2.45, 2.75) is 0 Å². The number of methoxy groups -OCH3 is 1. The summed E-state index contributed by atoms with van der Waals surface area (Å²) in [6, 6.07) is 9.45. The van der Waals surface area contributed by atoms with Crippen LogP contribution in [-0.4, -0.2) is 46.4 Å². The van der Waals surface area contributed by atoms with Crippen LogP contribution in [-0.2, 0) is 15.0 Å². The van der Waals surface area contributed by atoms with E-state index in [-0.39, 0.29) is 5.69 Å². The molecule has 0 radical (unpaired) electrons. The molecule has 0 spiro atoms. The van der Waals surface area contributed by atoms with Gasteiger partial charge in [-0.05, 0) is 42.5 Å². The van der Waals surface area contributed by atoms with Crippen molar-refractivity contribution < 1.29 is 22.3 Å². The number of halogens is 2. The number of hydrogen-bond donors (Lipinski definition) is 1. The summed E-state index contributed by atoms with van der Waals surface area (Å²) in [5, 5.41) is 2.96. The molecule has 0 saturated heterocycles. The molecule has 0 aromatic heterocycles. The van der Waals surface area contributed by atoms with Gasteiger partial charge in [-0.3, -0.25) is 4.79 Å². The fourth-order valence-electron chi connectivity index (χ4n) is 2.21. The first-order valence-electron chi connectivity index (χ1n) is 7.74. The topological polar surface area (TPSA) is 79.0 Å². The number of ether oxygens (including phenoxy) is 1. The predicted octanol–water partition coefficient (Wildman–Crippen LogP) is 2.74. The number of anilines is 2. The van der Waals surface area contributed by atoms with Crippen molar-refractivity contribution in [2.75, 3.05) is 37.4 Å². The Morgan fingerprint density at radius 3 is 2.37 bits per heavy atom. The molecule has 2 aromatic rings. The van der Waals surface area contributed by atoms with E-state index in [4.69, 9.17) is 16.3 Å². The first-order chi connectivity index (χ1) is 12.6. The first-order valence-corrected chi connectivity index (χ1v) is 9.52. The van der Waals surface area contributed by atoms with Gasteiger partial charge in [0, 0.05) is 19.1 Å². The summed E-state index contributed by atoms with van der Waals surface area (Å²) in [4.78, 5) is 12.5. The highest BCUT2D eigenvalue weighted by molar-refractivity contribution is 7.90. The van der Waals surface area contributed by atoms with Crippen LogP contribution < -0.4 is 14.4 Å². The summed E-state index contributed by atoms with van der Waals surface area (Å²) >= 11 is 5.93. The molecule has 2 aromatic carbocycles. The van der Waals surface area contributed by atoms with Gasteiger partial charge in [0.15, 0.2) is 0 Å². The second-order valence-electron chi connectivity index (χ2n) is 5.67. The summed E-state index contributed by atoms with van der Waals surface area (Å²) in [5.41, 5.74) is 0.453. The second kappa shape index (κ2) is 8.55. The lowest BCUT2D eigenvalue weighted by Gasteiger charge is -2.27. The van der Waals surface area contributed by atoms with E-state index in [1.807, 2.05) is 0 Å². The Labute approximate surface area is 162 Å². The third-order valence-corrected chi connectivity index (χ3v) is 5.63. The van der Waals surface area contributed by atoms with Gasteiger partial charge in [-0.25, -0.2) is 8.70 Å².